The van der Waals surface area contributed by atoms with Crippen LogP contribution < -0.4 is 9.44 Å². The molecule has 1 aromatic heterocycles. The number of nitrogen functional groups attached to an aromatic ring is 1. The Hall–Kier alpha value is -0.400. The van der Waals surface area contributed by atoms with E-state index in [1.54, 1.807) is 23.9 Å². The molecule has 1 rings (SSSR count). The van der Waals surface area contributed by atoms with Crippen LogP contribution in [0.15, 0.2) is 0 Å². The maximum Gasteiger partial charge on any atom is 0.252 e. The fourth-order valence-corrected chi connectivity index (χ4v) is 2.94. The van der Waals surface area contributed by atoms with Gasteiger partial charge in [-0.3, -0.25) is 0 Å². The van der Waals surface area contributed by atoms with Crippen molar-refractivity contribution in [1.82, 2.24) is 15.0 Å². The number of halogens is 1. The quantitative estimate of drug-likeness (QED) is 0.775. The fraction of sp³-hybridized carbons (Fsp3) is 0.667. The molecule has 0 aliphatic rings. The predicted octanol–water partition coefficient (Wildman–Crippen LogP) is 3.03. The lowest BCUT2D eigenvalue weighted by molar-refractivity contribution is 1.05. The molecule has 0 saturated carbocycles. The molecule has 1 heterocycles. The van der Waals surface area contributed by atoms with E-state index in [0.29, 0.717) is 5.95 Å². The summed E-state index contributed by atoms with van der Waals surface area (Å²) in [6.07, 6.45) is 2.17. The molecule has 0 aliphatic carbocycles. The van der Waals surface area contributed by atoms with Crippen molar-refractivity contribution in [3.8, 4) is 0 Å². The van der Waals surface area contributed by atoms with Crippen molar-refractivity contribution in [2.75, 3.05) is 20.9 Å². The maximum absolute atomic E-state index is 5.77. The van der Waals surface area contributed by atoms with E-state index in [2.05, 4.69) is 28.8 Å². The molecule has 0 bridgehead atoms. The van der Waals surface area contributed by atoms with E-state index < -0.39 is 0 Å². The highest BCUT2D eigenvalue weighted by Crippen LogP contribution is 2.29. The summed E-state index contributed by atoms with van der Waals surface area (Å²) in [5.74, 6) is 2.67. The van der Waals surface area contributed by atoms with Gasteiger partial charge < -0.3 is 5.73 Å². The van der Waals surface area contributed by atoms with Gasteiger partial charge in [-0.15, -0.1) is 0 Å². The minimum atomic E-state index is 0.131. The molecule has 0 fully saturated rings. The predicted molar refractivity (Wildman–Crippen MR) is 77.2 cm³/mol. The van der Waals surface area contributed by atoms with Crippen LogP contribution in [0.25, 0.3) is 0 Å². The summed E-state index contributed by atoms with van der Waals surface area (Å²) in [6, 6.07) is 0. The van der Waals surface area contributed by atoms with Gasteiger partial charge in [0, 0.05) is 11.5 Å². The zero-order chi connectivity index (χ0) is 12.7. The van der Waals surface area contributed by atoms with Gasteiger partial charge in [-0.25, -0.2) is 3.71 Å². The van der Waals surface area contributed by atoms with E-state index in [1.165, 1.54) is 0 Å². The van der Waals surface area contributed by atoms with Crippen molar-refractivity contribution < 1.29 is 0 Å². The number of hydrogen-bond donors (Lipinski definition) is 1. The molecule has 0 aromatic carbocycles. The summed E-state index contributed by atoms with van der Waals surface area (Å²) in [7, 11) is 0. The largest absolute Gasteiger partial charge is 0.368 e. The highest BCUT2D eigenvalue weighted by molar-refractivity contribution is 8.18. The van der Waals surface area contributed by atoms with Gasteiger partial charge in [-0.2, -0.15) is 15.0 Å². The molecule has 0 atom stereocenters. The van der Waals surface area contributed by atoms with E-state index in [9.17, 15) is 0 Å². The summed E-state index contributed by atoms with van der Waals surface area (Å²) in [4.78, 5) is 11.9. The summed E-state index contributed by atoms with van der Waals surface area (Å²) >= 11 is 9.10. The first-order valence-corrected chi connectivity index (χ1v) is 7.66. The lowest BCUT2D eigenvalue weighted by Crippen LogP contribution is -2.12. The van der Waals surface area contributed by atoms with Crippen LogP contribution >= 0.6 is 35.5 Å². The second-order valence-corrected chi connectivity index (χ2v) is 5.82. The molecule has 8 heteroatoms. The summed E-state index contributed by atoms with van der Waals surface area (Å²) < 4.78 is 1.96. The number of nitrogens with zero attached hydrogens (tertiary/aromatic N) is 4. The van der Waals surface area contributed by atoms with Crippen molar-refractivity contribution >= 4 is 47.4 Å². The smallest absolute Gasteiger partial charge is 0.252 e. The molecule has 96 valence electrons. The molecule has 5 nitrogen and oxygen atoms in total. The fourth-order valence-electron chi connectivity index (χ4n) is 0.937. The highest BCUT2D eigenvalue weighted by Gasteiger charge is 2.13. The second kappa shape index (κ2) is 7.84. The second-order valence-electron chi connectivity index (χ2n) is 3.19. The average Bonchev–Trinajstić information content (AvgIpc) is 2.28. The first-order valence-electron chi connectivity index (χ1n) is 5.40. The molecular formula is C9H16ClN5S2. The van der Waals surface area contributed by atoms with Crippen molar-refractivity contribution in [3.05, 3.63) is 5.28 Å². The zero-order valence-corrected chi connectivity index (χ0v) is 12.3. The monoisotopic (exact) mass is 293 g/mol. The molecule has 0 spiro atoms. The highest BCUT2D eigenvalue weighted by atomic mass is 35.5. The van der Waals surface area contributed by atoms with Crippen LogP contribution in [0, 0.1) is 0 Å². The molecule has 0 aliphatic heterocycles. The van der Waals surface area contributed by atoms with Crippen LogP contribution in [-0.2, 0) is 0 Å². The third-order valence-corrected chi connectivity index (χ3v) is 4.38. The van der Waals surface area contributed by atoms with Crippen LogP contribution in [0.2, 0.25) is 5.28 Å². The van der Waals surface area contributed by atoms with Gasteiger partial charge in [0.25, 0.3) is 5.95 Å². The normalized spacial score (nSPS) is 10.5. The Morgan fingerprint density at radius 3 is 2.18 bits per heavy atom. The third-order valence-electron chi connectivity index (χ3n) is 1.60. The number of anilines is 2. The lowest BCUT2D eigenvalue weighted by Gasteiger charge is -2.19. The molecule has 0 unspecified atom stereocenters. The van der Waals surface area contributed by atoms with Crippen LogP contribution in [0.5, 0.6) is 0 Å². The first-order chi connectivity index (χ1) is 8.17. The van der Waals surface area contributed by atoms with E-state index in [1.807, 2.05) is 3.71 Å². The summed E-state index contributed by atoms with van der Waals surface area (Å²) in [5, 5.41) is 0.131. The molecule has 1 aromatic rings. The van der Waals surface area contributed by atoms with E-state index in [4.69, 9.17) is 17.3 Å². The Bertz CT molecular complexity index is 324. The van der Waals surface area contributed by atoms with Gasteiger partial charge in [0.2, 0.25) is 11.2 Å². The van der Waals surface area contributed by atoms with Crippen LogP contribution in [-0.4, -0.2) is 26.5 Å². The number of aromatic nitrogens is 3. The van der Waals surface area contributed by atoms with Gasteiger partial charge in [-0.05, 0) is 48.3 Å². The molecule has 17 heavy (non-hydrogen) atoms. The van der Waals surface area contributed by atoms with Crippen LogP contribution in [0.4, 0.5) is 11.9 Å². The lowest BCUT2D eigenvalue weighted by atomic mass is 10.6. The minimum Gasteiger partial charge on any atom is -0.368 e. The third kappa shape index (κ3) is 5.18. The zero-order valence-electron chi connectivity index (χ0n) is 9.89. The van der Waals surface area contributed by atoms with Crippen molar-refractivity contribution in [1.29, 1.82) is 0 Å². The van der Waals surface area contributed by atoms with Crippen LogP contribution in [0.1, 0.15) is 26.7 Å². The van der Waals surface area contributed by atoms with Crippen molar-refractivity contribution in [2.24, 2.45) is 0 Å². The minimum absolute atomic E-state index is 0.131. The van der Waals surface area contributed by atoms with Crippen molar-refractivity contribution in [3.63, 3.8) is 0 Å². The van der Waals surface area contributed by atoms with Gasteiger partial charge >= 0.3 is 0 Å². The molecule has 0 amide bonds. The van der Waals surface area contributed by atoms with Gasteiger partial charge in [0.05, 0.1) is 0 Å². The van der Waals surface area contributed by atoms with E-state index in [0.717, 1.165) is 24.3 Å². The van der Waals surface area contributed by atoms with Gasteiger partial charge in [0.1, 0.15) is 0 Å². The van der Waals surface area contributed by atoms with E-state index in [-0.39, 0.29) is 11.2 Å². The number of hydrogen-bond acceptors (Lipinski definition) is 7. The Morgan fingerprint density at radius 1 is 1.12 bits per heavy atom. The molecule has 0 radical (unpaired) electrons. The Balaban J connectivity index is 2.78. The summed E-state index contributed by atoms with van der Waals surface area (Å²) in [5.41, 5.74) is 5.56. The molecule has 0 saturated heterocycles. The SMILES string of the molecule is CCCSN(SCCC)c1nc(N)nc(Cl)n1. The van der Waals surface area contributed by atoms with E-state index >= 15 is 0 Å². The molecule has 2 N–H and O–H groups in total. The van der Waals surface area contributed by atoms with Crippen molar-refractivity contribution in [2.45, 2.75) is 26.7 Å². The van der Waals surface area contributed by atoms with Gasteiger partial charge in [0.15, 0.2) is 0 Å². The average molecular weight is 294 g/mol. The summed E-state index contributed by atoms with van der Waals surface area (Å²) in [6.45, 7) is 4.26. The first kappa shape index (κ1) is 14.7. The van der Waals surface area contributed by atoms with Gasteiger partial charge in [-0.1, -0.05) is 13.8 Å². The van der Waals surface area contributed by atoms with Crippen LogP contribution in [0.3, 0.4) is 0 Å². The topological polar surface area (TPSA) is 67.9 Å². The number of nitrogens with two attached hydrogens (primary N) is 1. The Morgan fingerprint density at radius 2 is 1.71 bits per heavy atom. The Kier molecular flexibility index (Phi) is 6.76. The molecular weight excluding hydrogens is 278 g/mol. The number of rotatable bonds is 7. The Labute approximate surface area is 115 Å². The maximum atomic E-state index is 5.77. The standard InChI is InChI=1S/C9H16ClN5S2/c1-3-5-16-15(17-6-4-2)9-13-7(10)12-8(11)14-9/h3-6H2,1-2H3,(H2,11,12,13,14).